The van der Waals surface area contributed by atoms with Crippen LogP contribution >= 0.6 is 0 Å². The number of carbonyl (C=O) groups is 1. The Hall–Kier alpha value is -2.43. The average molecular weight is 304 g/mol. The summed E-state index contributed by atoms with van der Waals surface area (Å²) in [7, 11) is 0. The summed E-state index contributed by atoms with van der Waals surface area (Å²) in [6, 6.07) is 9.25. The SMILES string of the molecule is Cc1ccc(CNC(=O)NCc2ccc(C)c(F)c2)cc1F. The standard InChI is InChI=1S/C17H18F2N2O/c1-11-3-5-13(7-15(11)18)9-20-17(22)21-10-14-6-4-12(2)16(19)8-14/h3-8H,9-10H2,1-2H3,(H2,20,21,22). The van der Waals surface area contributed by atoms with Gasteiger partial charge < -0.3 is 10.6 Å². The van der Waals surface area contributed by atoms with Crippen molar-refractivity contribution in [3.63, 3.8) is 0 Å². The molecule has 0 fully saturated rings. The third kappa shape index (κ3) is 4.28. The highest BCUT2D eigenvalue weighted by atomic mass is 19.1. The predicted molar refractivity (Wildman–Crippen MR) is 81.3 cm³/mol. The summed E-state index contributed by atoms with van der Waals surface area (Å²) in [5.74, 6) is -0.593. The van der Waals surface area contributed by atoms with Gasteiger partial charge in [-0.3, -0.25) is 0 Å². The number of hydrogen-bond donors (Lipinski definition) is 2. The number of carbonyl (C=O) groups excluding carboxylic acids is 1. The van der Waals surface area contributed by atoms with Crippen molar-refractivity contribution in [1.82, 2.24) is 10.6 Å². The summed E-state index contributed by atoms with van der Waals surface area (Å²) in [6.07, 6.45) is 0. The molecule has 2 rings (SSSR count). The van der Waals surface area contributed by atoms with Crippen LogP contribution in [0.25, 0.3) is 0 Å². The van der Waals surface area contributed by atoms with E-state index in [0.29, 0.717) is 22.3 Å². The van der Waals surface area contributed by atoms with Crippen molar-refractivity contribution in [2.24, 2.45) is 0 Å². The molecule has 2 N–H and O–H groups in total. The van der Waals surface area contributed by atoms with Gasteiger partial charge in [0.1, 0.15) is 11.6 Å². The summed E-state index contributed by atoms with van der Waals surface area (Å²) in [4.78, 5) is 11.7. The zero-order valence-corrected chi connectivity index (χ0v) is 12.5. The van der Waals surface area contributed by atoms with Gasteiger partial charge in [-0.15, -0.1) is 0 Å². The molecular weight excluding hydrogens is 286 g/mol. The molecule has 0 atom stereocenters. The number of benzene rings is 2. The lowest BCUT2D eigenvalue weighted by Crippen LogP contribution is -2.34. The maximum Gasteiger partial charge on any atom is 0.315 e. The van der Waals surface area contributed by atoms with E-state index in [1.165, 1.54) is 12.1 Å². The van der Waals surface area contributed by atoms with E-state index in [1.807, 2.05) is 0 Å². The molecule has 116 valence electrons. The maximum absolute atomic E-state index is 13.4. The van der Waals surface area contributed by atoms with E-state index >= 15 is 0 Å². The van der Waals surface area contributed by atoms with Crippen LogP contribution in [-0.2, 0) is 13.1 Å². The number of hydrogen-bond acceptors (Lipinski definition) is 1. The second-order valence-corrected chi connectivity index (χ2v) is 5.20. The van der Waals surface area contributed by atoms with Crippen molar-refractivity contribution in [2.45, 2.75) is 26.9 Å². The minimum Gasteiger partial charge on any atom is -0.334 e. The molecule has 0 bridgehead atoms. The van der Waals surface area contributed by atoms with Crippen molar-refractivity contribution in [2.75, 3.05) is 0 Å². The minimum absolute atomic E-state index is 0.227. The molecule has 0 radical (unpaired) electrons. The van der Waals surface area contributed by atoms with Gasteiger partial charge in [0.05, 0.1) is 0 Å². The number of nitrogens with one attached hydrogen (secondary N) is 2. The first-order chi connectivity index (χ1) is 10.5. The van der Waals surface area contributed by atoms with Gasteiger partial charge in [0.2, 0.25) is 0 Å². The Morgan fingerprint density at radius 2 is 1.27 bits per heavy atom. The molecule has 0 aromatic heterocycles. The molecule has 0 spiro atoms. The van der Waals surface area contributed by atoms with Gasteiger partial charge in [-0.1, -0.05) is 24.3 Å². The zero-order valence-electron chi connectivity index (χ0n) is 12.5. The van der Waals surface area contributed by atoms with Crippen LogP contribution in [0.4, 0.5) is 13.6 Å². The van der Waals surface area contributed by atoms with E-state index in [4.69, 9.17) is 0 Å². The Morgan fingerprint density at radius 1 is 0.864 bits per heavy atom. The number of aryl methyl sites for hydroxylation is 2. The minimum atomic E-state index is -0.387. The second kappa shape index (κ2) is 7.02. The van der Waals surface area contributed by atoms with Crippen LogP contribution < -0.4 is 10.6 Å². The highest BCUT2D eigenvalue weighted by Gasteiger charge is 2.04. The number of urea groups is 1. The van der Waals surface area contributed by atoms with Gasteiger partial charge in [0.25, 0.3) is 0 Å². The summed E-state index contributed by atoms with van der Waals surface area (Å²) >= 11 is 0. The first-order valence-electron chi connectivity index (χ1n) is 6.97. The Bertz CT molecular complexity index is 629. The molecule has 0 aliphatic carbocycles. The number of rotatable bonds is 4. The fourth-order valence-electron chi connectivity index (χ4n) is 1.92. The lowest BCUT2D eigenvalue weighted by molar-refractivity contribution is 0.240. The first kappa shape index (κ1) is 15.9. The van der Waals surface area contributed by atoms with Crippen LogP contribution in [0, 0.1) is 25.5 Å². The molecule has 0 aliphatic heterocycles. The topological polar surface area (TPSA) is 41.1 Å². The van der Waals surface area contributed by atoms with Crippen LogP contribution in [0.2, 0.25) is 0 Å². The van der Waals surface area contributed by atoms with Gasteiger partial charge in [-0.2, -0.15) is 0 Å². The summed E-state index contributed by atoms with van der Waals surface area (Å²) < 4.78 is 26.8. The lowest BCUT2D eigenvalue weighted by atomic mass is 10.1. The molecule has 2 aromatic rings. The van der Waals surface area contributed by atoms with E-state index in [2.05, 4.69) is 10.6 Å². The monoisotopic (exact) mass is 304 g/mol. The molecule has 3 nitrogen and oxygen atoms in total. The van der Waals surface area contributed by atoms with E-state index in [-0.39, 0.29) is 30.8 Å². The zero-order chi connectivity index (χ0) is 16.1. The Morgan fingerprint density at radius 3 is 1.64 bits per heavy atom. The third-order valence-electron chi connectivity index (χ3n) is 3.38. The highest BCUT2D eigenvalue weighted by molar-refractivity contribution is 5.73. The van der Waals surface area contributed by atoms with E-state index < -0.39 is 0 Å². The van der Waals surface area contributed by atoms with Crippen molar-refractivity contribution in [3.05, 3.63) is 70.3 Å². The fourth-order valence-corrected chi connectivity index (χ4v) is 1.92. The number of halogens is 2. The molecular formula is C17H18F2N2O. The van der Waals surface area contributed by atoms with Crippen molar-refractivity contribution in [3.8, 4) is 0 Å². The normalized spacial score (nSPS) is 10.4. The second-order valence-electron chi connectivity index (χ2n) is 5.20. The molecule has 0 saturated heterocycles. The number of amides is 2. The lowest BCUT2D eigenvalue weighted by Gasteiger charge is -2.09. The average Bonchev–Trinajstić information content (AvgIpc) is 2.49. The van der Waals surface area contributed by atoms with E-state index in [9.17, 15) is 13.6 Å². The Labute approximate surface area is 128 Å². The van der Waals surface area contributed by atoms with Crippen molar-refractivity contribution >= 4 is 6.03 Å². The highest BCUT2D eigenvalue weighted by Crippen LogP contribution is 2.10. The Balaban J connectivity index is 1.82. The smallest absolute Gasteiger partial charge is 0.315 e. The quantitative estimate of drug-likeness (QED) is 0.890. The molecule has 5 heteroatoms. The van der Waals surface area contributed by atoms with E-state index in [0.717, 1.165) is 0 Å². The molecule has 0 unspecified atom stereocenters. The van der Waals surface area contributed by atoms with Gasteiger partial charge in [-0.05, 0) is 48.2 Å². The summed E-state index contributed by atoms with van der Waals surface area (Å²) in [5.41, 5.74) is 2.49. The fraction of sp³-hybridized carbons (Fsp3) is 0.235. The largest absolute Gasteiger partial charge is 0.334 e. The van der Waals surface area contributed by atoms with Crippen molar-refractivity contribution in [1.29, 1.82) is 0 Å². The van der Waals surface area contributed by atoms with Crippen LogP contribution in [0.3, 0.4) is 0 Å². The van der Waals surface area contributed by atoms with Gasteiger partial charge >= 0.3 is 6.03 Å². The van der Waals surface area contributed by atoms with E-state index in [1.54, 1.807) is 38.1 Å². The molecule has 2 aromatic carbocycles. The third-order valence-corrected chi connectivity index (χ3v) is 3.38. The van der Waals surface area contributed by atoms with Crippen LogP contribution in [0.15, 0.2) is 36.4 Å². The van der Waals surface area contributed by atoms with Crippen LogP contribution in [-0.4, -0.2) is 6.03 Å². The van der Waals surface area contributed by atoms with Crippen LogP contribution in [0.5, 0.6) is 0 Å². The van der Waals surface area contributed by atoms with Gasteiger partial charge in [0.15, 0.2) is 0 Å². The van der Waals surface area contributed by atoms with Crippen LogP contribution in [0.1, 0.15) is 22.3 Å². The summed E-state index contributed by atoms with van der Waals surface area (Å²) in [6.45, 7) is 3.82. The maximum atomic E-state index is 13.4. The predicted octanol–water partition coefficient (Wildman–Crippen LogP) is 3.58. The van der Waals surface area contributed by atoms with Crippen molar-refractivity contribution < 1.29 is 13.6 Å². The van der Waals surface area contributed by atoms with Gasteiger partial charge in [-0.25, -0.2) is 13.6 Å². The molecule has 2 amide bonds. The first-order valence-corrected chi connectivity index (χ1v) is 6.97. The van der Waals surface area contributed by atoms with Gasteiger partial charge in [0, 0.05) is 13.1 Å². The Kier molecular flexibility index (Phi) is 5.09. The molecule has 0 aliphatic rings. The molecule has 0 saturated carbocycles. The summed E-state index contributed by atoms with van der Waals surface area (Å²) in [5, 5.41) is 5.26. The molecule has 0 heterocycles. The molecule has 22 heavy (non-hydrogen) atoms.